The molecule has 1 aromatic heterocycles. The molecule has 0 radical (unpaired) electrons. The summed E-state index contributed by atoms with van der Waals surface area (Å²) in [5.74, 6) is 1.38. The van der Waals surface area contributed by atoms with E-state index >= 15 is 0 Å². The Morgan fingerprint density at radius 1 is 1.39 bits per heavy atom. The predicted octanol–water partition coefficient (Wildman–Crippen LogP) is 3.21. The fourth-order valence-electron chi connectivity index (χ4n) is 2.04. The molecular formula is C16H20ClN3O3. The molecule has 124 valence electrons. The van der Waals surface area contributed by atoms with Crippen LogP contribution >= 0.6 is 11.6 Å². The molecule has 0 spiro atoms. The zero-order chi connectivity index (χ0) is 16.8. The number of nitrogens with zero attached hydrogens (tertiary/aromatic N) is 1. The molecule has 6 nitrogen and oxygen atoms in total. The summed E-state index contributed by atoms with van der Waals surface area (Å²) in [5, 5.41) is 9.98. The van der Waals surface area contributed by atoms with E-state index in [1.807, 2.05) is 32.9 Å². The van der Waals surface area contributed by atoms with Gasteiger partial charge in [0, 0.05) is 17.1 Å². The van der Waals surface area contributed by atoms with E-state index in [0.29, 0.717) is 29.6 Å². The summed E-state index contributed by atoms with van der Waals surface area (Å²) in [5.41, 5.74) is 1.67. The van der Waals surface area contributed by atoms with Gasteiger partial charge in [0.2, 0.25) is 0 Å². The van der Waals surface area contributed by atoms with Gasteiger partial charge in [0.15, 0.2) is 0 Å². The van der Waals surface area contributed by atoms with Crippen LogP contribution < -0.4 is 15.4 Å². The van der Waals surface area contributed by atoms with Crippen molar-refractivity contribution in [3.05, 3.63) is 46.3 Å². The average molecular weight is 338 g/mol. The van der Waals surface area contributed by atoms with Gasteiger partial charge in [0.25, 0.3) is 0 Å². The summed E-state index contributed by atoms with van der Waals surface area (Å²) < 4.78 is 10.7. The van der Waals surface area contributed by atoms with Crippen LogP contribution in [0, 0.1) is 13.8 Å². The Morgan fingerprint density at radius 3 is 2.83 bits per heavy atom. The van der Waals surface area contributed by atoms with Crippen molar-refractivity contribution in [1.29, 1.82) is 0 Å². The number of benzene rings is 1. The summed E-state index contributed by atoms with van der Waals surface area (Å²) in [4.78, 5) is 11.8. The number of urea groups is 1. The summed E-state index contributed by atoms with van der Waals surface area (Å²) in [6, 6.07) is 6.87. The van der Waals surface area contributed by atoms with E-state index < -0.39 is 0 Å². The normalized spacial score (nSPS) is 11.8. The van der Waals surface area contributed by atoms with Crippen LogP contribution in [0.15, 0.2) is 28.8 Å². The fraction of sp³-hybridized carbons (Fsp3) is 0.375. The maximum Gasteiger partial charge on any atom is 0.315 e. The van der Waals surface area contributed by atoms with Crippen LogP contribution in [0.25, 0.3) is 0 Å². The van der Waals surface area contributed by atoms with Gasteiger partial charge in [-0.15, -0.1) is 0 Å². The van der Waals surface area contributed by atoms with Crippen molar-refractivity contribution in [2.45, 2.75) is 33.4 Å². The van der Waals surface area contributed by atoms with Crippen LogP contribution in [-0.2, 0) is 6.54 Å². The second-order valence-electron chi connectivity index (χ2n) is 5.25. The molecule has 2 amide bonds. The first-order valence-electron chi connectivity index (χ1n) is 7.31. The van der Waals surface area contributed by atoms with Gasteiger partial charge in [0.05, 0.1) is 12.2 Å². The van der Waals surface area contributed by atoms with E-state index in [1.54, 1.807) is 12.1 Å². The van der Waals surface area contributed by atoms with Gasteiger partial charge in [-0.25, -0.2) is 4.79 Å². The molecule has 0 aliphatic heterocycles. The molecule has 23 heavy (non-hydrogen) atoms. The second-order valence-corrected chi connectivity index (χ2v) is 5.69. The van der Waals surface area contributed by atoms with Crippen molar-refractivity contribution in [1.82, 2.24) is 15.8 Å². The molecule has 0 aliphatic carbocycles. The molecular weight excluding hydrogens is 318 g/mol. The van der Waals surface area contributed by atoms with Gasteiger partial charge in [0.1, 0.15) is 17.6 Å². The quantitative estimate of drug-likeness (QED) is 0.848. The Bertz CT molecular complexity index is 653. The van der Waals surface area contributed by atoms with Crippen LogP contribution in [0.5, 0.6) is 5.75 Å². The zero-order valence-electron chi connectivity index (χ0n) is 13.4. The van der Waals surface area contributed by atoms with Gasteiger partial charge in [-0.2, -0.15) is 0 Å². The lowest BCUT2D eigenvalue weighted by Gasteiger charge is -2.16. The number of nitrogens with one attached hydrogen (secondary N) is 2. The fourth-order valence-corrected chi connectivity index (χ4v) is 2.22. The van der Waals surface area contributed by atoms with Crippen molar-refractivity contribution < 1.29 is 14.1 Å². The third kappa shape index (κ3) is 5.17. The van der Waals surface area contributed by atoms with Crippen molar-refractivity contribution in [2.75, 3.05) is 6.54 Å². The number of halogens is 1. The lowest BCUT2D eigenvalue weighted by molar-refractivity contribution is 0.207. The van der Waals surface area contributed by atoms with E-state index in [-0.39, 0.29) is 12.1 Å². The number of rotatable bonds is 6. The summed E-state index contributed by atoms with van der Waals surface area (Å²) in [6.07, 6.45) is -0.182. The standard InChI is InChI=1S/C16H20ClN3O3/c1-10(22-14-6-4-5-13(17)7-14)8-18-16(21)19-9-15-11(2)20-23-12(15)3/h4-7,10H,8-9H2,1-3H3,(H2,18,19,21)/t10-/m0/s1. The van der Waals surface area contributed by atoms with Crippen molar-refractivity contribution in [3.8, 4) is 5.75 Å². The third-order valence-corrected chi connectivity index (χ3v) is 3.53. The highest BCUT2D eigenvalue weighted by Crippen LogP contribution is 2.18. The molecule has 0 bridgehead atoms. The lowest BCUT2D eigenvalue weighted by Crippen LogP contribution is -2.40. The minimum absolute atomic E-state index is 0.182. The molecule has 0 saturated carbocycles. The third-order valence-electron chi connectivity index (χ3n) is 3.29. The summed E-state index contributed by atoms with van der Waals surface area (Å²) in [7, 11) is 0. The molecule has 2 N–H and O–H groups in total. The Kier molecular flexibility index (Phi) is 5.87. The minimum atomic E-state index is -0.272. The lowest BCUT2D eigenvalue weighted by atomic mass is 10.2. The predicted molar refractivity (Wildman–Crippen MR) is 87.8 cm³/mol. The first kappa shape index (κ1) is 17.1. The maximum absolute atomic E-state index is 11.8. The maximum atomic E-state index is 11.8. The monoisotopic (exact) mass is 337 g/mol. The van der Waals surface area contributed by atoms with E-state index in [4.69, 9.17) is 20.9 Å². The number of amides is 2. The van der Waals surface area contributed by atoms with E-state index in [0.717, 1.165) is 11.3 Å². The van der Waals surface area contributed by atoms with E-state index in [2.05, 4.69) is 15.8 Å². The summed E-state index contributed by atoms with van der Waals surface area (Å²) in [6.45, 7) is 6.27. The molecule has 2 aromatic rings. The first-order valence-corrected chi connectivity index (χ1v) is 7.69. The smallest absolute Gasteiger partial charge is 0.315 e. The largest absolute Gasteiger partial charge is 0.489 e. The topological polar surface area (TPSA) is 76.4 Å². The molecule has 0 fully saturated rings. The molecule has 1 heterocycles. The average Bonchev–Trinajstić information content (AvgIpc) is 2.82. The Labute approximate surface area is 140 Å². The molecule has 0 saturated heterocycles. The zero-order valence-corrected chi connectivity index (χ0v) is 14.1. The van der Waals surface area contributed by atoms with Crippen molar-refractivity contribution >= 4 is 17.6 Å². The number of ether oxygens (including phenoxy) is 1. The van der Waals surface area contributed by atoms with E-state index in [9.17, 15) is 4.79 Å². The minimum Gasteiger partial charge on any atom is -0.489 e. The second kappa shape index (κ2) is 7.87. The highest BCUT2D eigenvalue weighted by molar-refractivity contribution is 6.30. The SMILES string of the molecule is Cc1noc(C)c1CNC(=O)NC[C@H](C)Oc1cccc(Cl)c1. The Hall–Kier alpha value is -2.21. The molecule has 2 rings (SSSR count). The van der Waals surface area contributed by atoms with Gasteiger partial charge in [-0.05, 0) is 39.0 Å². The number of hydrogen-bond acceptors (Lipinski definition) is 4. The van der Waals surface area contributed by atoms with Crippen LogP contribution in [0.1, 0.15) is 23.9 Å². The van der Waals surface area contributed by atoms with Crippen LogP contribution in [0.3, 0.4) is 0 Å². The number of carbonyl (C=O) groups excluding carboxylic acids is 1. The number of aromatic nitrogens is 1. The Balaban J connectivity index is 1.73. The van der Waals surface area contributed by atoms with Crippen molar-refractivity contribution in [3.63, 3.8) is 0 Å². The van der Waals surface area contributed by atoms with Gasteiger partial charge in [-0.1, -0.05) is 22.8 Å². The van der Waals surface area contributed by atoms with Crippen LogP contribution in [-0.4, -0.2) is 23.8 Å². The summed E-state index contributed by atoms with van der Waals surface area (Å²) >= 11 is 5.90. The van der Waals surface area contributed by atoms with Gasteiger partial charge < -0.3 is 19.9 Å². The molecule has 0 aliphatic rings. The van der Waals surface area contributed by atoms with Gasteiger partial charge in [-0.3, -0.25) is 0 Å². The molecule has 1 aromatic carbocycles. The number of hydrogen-bond donors (Lipinski definition) is 2. The first-order chi connectivity index (χ1) is 11.0. The van der Waals surface area contributed by atoms with Gasteiger partial charge >= 0.3 is 6.03 Å². The highest BCUT2D eigenvalue weighted by Gasteiger charge is 2.11. The number of aryl methyl sites for hydroxylation is 2. The van der Waals surface area contributed by atoms with Crippen molar-refractivity contribution in [2.24, 2.45) is 0 Å². The molecule has 1 atom stereocenters. The van der Waals surface area contributed by atoms with Crippen LogP contribution in [0.4, 0.5) is 4.79 Å². The van der Waals surface area contributed by atoms with E-state index in [1.165, 1.54) is 0 Å². The molecule has 7 heteroatoms. The Morgan fingerprint density at radius 2 is 2.17 bits per heavy atom. The van der Waals surface area contributed by atoms with Crippen LogP contribution in [0.2, 0.25) is 5.02 Å². The molecule has 0 unspecified atom stereocenters. The highest BCUT2D eigenvalue weighted by atomic mass is 35.5. The number of carbonyl (C=O) groups is 1.